The highest BCUT2D eigenvalue weighted by molar-refractivity contribution is 7.89. The lowest BCUT2D eigenvalue weighted by Crippen LogP contribution is -2.52. The van der Waals surface area contributed by atoms with E-state index < -0.39 is 10.0 Å². The van der Waals surface area contributed by atoms with Crippen LogP contribution in [0.25, 0.3) is 5.57 Å². The highest BCUT2D eigenvalue weighted by Crippen LogP contribution is 2.28. The van der Waals surface area contributed by atoms with E-state index in [4.69, 9.17) is 4.74 Å². The number of aromatic nitrogens is 3. The van der Waals surface area contributed by atoms with Crippen LogP contribution in [0.4, 0.5) is 0 Å². The Morgan fingerprint density at radius 1 is 1.16 bits per heavy atom. The summed E-state index contributed by atoms with van der Waals surface area (Å²) in [6.07, 6.45) is 3.97. The summed E-state index contributed by atoms with van der Waals surface area (Å²) < 4.78 is 34.2. The number of hydrogen-bond donors (Lipinski definition) is 0. The maximum atomic E-state index is 13.3. The number of fused-ring (bicyclic) bond motifs is 1. The zero-order valence-corrected chi connectivity index (χ0v) is 20.0. The van der Waals surface area contributed by atoms with Crippen LogP contribution < -0.4 is 4.74 Å². The van der Waals surface area contributed by atoms with E-state index in [-0.39, 0.29) is 22.6 Å². The van der Waals surface area contributed by atoms with Crippen LogP contribution in [0.2, 0.25) is 0 Å². The van der Waals surface area contributed by atoms with E-state index in [2.05, 4.69) is 26.4 Å². The number of sulfonamides is 1. The molecule has 0 spiro atoms. The van der Waals surface area contributed by atoms with Gasteiger partial charge in [-0.1, -0.05) is 33.4 Å². The van der Waals surface area contributed by atoms with Crippen molar-refractivity contribution in [1.29, 1.82) is 0 Å². The molecule has 0 bridgehead atoms. The van der Waals surface area contributed by atoms with Gasteiger partial charge < -0.3 is 4.74 Å². The van der Waals surface area contributed by atoms with Gasteiger partial charge in [0.15, 0.2) is 5.03 Å². The lowest BCUT2D eigenvalue weighted by Gasteiger charge is -2.36. The smallest absolute Gasteiger partial charge is 0.260 e. The molecule has 4 heterocycles. The van der Waals surface area contributed by atoms with Crippen molar-refractivity contribution < 1.29 is 13.2 Å². The number of rotatable bonds is 5. The van der Waals surface area contributed by atoms with Gasteiger partial charge in [-0.15, -0.1) is 0 Å². The highest BCUT2D eigenvalue weighted by Gasteiger charge is 2.41. The van der Waals surface area contributed by atoms with Crippen molar-refractivity contribution in [1.82, 2.24) is 24.2 Å². The van der Waals surface area contributed by atoms with Gasteiger partial charge in [0, 0.05) is 49.8 Å². The summed E-state index contributed by atoms with van der Waals surface area (Å²) in [5.41, 5.74) is 2.15. The molecule has 0 radical (unpaired) electrons. The standard InChI is InChI=1S/C23H31N5O3S/c1-16(2)19-12-25-21(13-24-19)31-18-11-17-14-28(10-9-27(17)15-18)32(29,30)22-8-6-7-20(26-22)23(3,4)5/h6-8,12-13,17-18H,1,9-11,14-15H2,2-5H3/t17-,18-/m0/s1. The Balaban J connectivity index is 1.43. The van der Waals surface area contributed by atoms with Crippen molar-refractivity contribution in [2.45, 2.75) is 56.7 Å². The fraction of sp³-hybridized carbons (Fsp3) is 0.522. The molecule has 2 aliphatic rings. The number of hydrogen-bond acceptors (Lipinski definition) is 7. The average molecular weight is 458 g/mol. The van der Waals surface area contributed by atoms with Crippen LogP contribution in [0.1, 0.15) is 45.5 Å². The second-order valence-electron chi connectivity index (χ2n) is 9.62. The fourth-order valence-electron chi connectivity index (χ4n) is 4.15. The van der Waals surface area contributed by atoms with E-state index in [0.29, 0.717) is 25.5 Å². The maximum Gasteiger partial charge on any atom is 0.260 e. The monoisotopic (exact) mass is 457 g/mol. The summed E-state index contributed by atoms with van der Waals surface area (Å²) in [6, 6.07) is 5.35. The van der Waals surface area contributed by atoms with Crippen molar-refractivity contribution >= 4 is 15.6 Å². The molecule has 0 saturated carbocycles. The first-order chi connectivity index (χ1) is 15.0. The van der Waals surface area contributed by atoms with E-state index in [1.165, 1.54) is 0 Å². The predicted octanol–water partition coefficient (Wildman–Crippen LogP) is 2.73. The first-order valence-electron chi connectivity index (χ1n) is 10.9. The van der Waals surface area contributed by atoms with Crippen molar-refractivity contribution in [3.8, 4) is 5.88 Å². The average Bonchev–Trinajstić information content (AvgIpc) is 3.15. The zero-order chi connectivity index (χ0) is 23.1. The molecule has 0 aliphatic carbocycles. The van der Waals surface area contributed by atoms with E-state index in [9.17, 15) is 8.42 Å². The van der Waals surface area contributed by atoms with Crippen LogP contribution in [0, 0.1) is 0 Å². The molecule has 0 unspecified atom stereocenters. The SMILES string of the molecule is C=C(C)c1cnc(O[C@H]2C[C@H]3CN(S(=O)(=O)c4cccc(C(C)(C)C)n4)CCN3C2)cn1. The number of allylic oxidation sites excluding steroid dienone is 1. The highest BCUT2D eigenvalue weighted by atomic mass is 32.2. The molecule has 9 heteroatoms. The third-order valence-corrected chi connectivity index (χ3v) is 7.76. The second-order valence-corrected chi connectivity index (χ2v) is 11.5. The van der Waals surface area contributed by atoms with E-state index in [1.54, 1.807) is 28.8 Å². The predicted molar refractivity (Wildman–Crippen MR) is 123 cm³/mol. The molecule has 0 amide bonds. The Hall–Kier alpha value is -2.36. The number of ether oxygens (including phenoxy) is 1. The molecule has 32 heavy (non-hydrogen) atoms. The molecule has 2 aliphatic heterocycles. The topological polar surface area (TPSA) is 88.5 Å². The number of pyridine rings is 1. The van der Waals surface area contributed by atoms with Crippen LogP contribution in [0.5, 0.6) is 5.88 Å². The normalized spacial score (nSPS) is 22.5. The molecule has 2 atom stereocenters. The molecule has 0 N–H and O–H groups in total. The minimum absolute atomic E-state index is 0.0463. The molecule has 8 nitrogen and oxygen atoms in total. The molecule has 2 aromatic rings. The summed E-state index contributed by atoms with van der Waals surface area (Å²) in [7, 11) is -3.65. The van der Waals surface area contributed by atoms with Gasteiger partial charge >= 0.3 is 0 Å². The Bertz CT molecular complexity index is 1100. The Morgan fingerprint density at radius 2 is 1.94 bits per heavy atom. The summed E-state index contributed by atoms with van der Waals surface area (Å²) in [5, 5.41) is 0.122. The molecular weight excluding hydrogens is 426 g/mol. The maximum absolute atomic E-state index is 13.3. The van der Waals surface area contributed by atoms with Crippen LogP contribution in [0.3, 0.4) is 0 Å². The van der Waals surface area contributed by atoms with Crippen molar-refractivity contribution in [3.05, 3.63) is 48.6 Å². The molecule has 0 aromatic carbocycles. The Labute approximate surface area is 190 Å². The molecule has 4 rings (SSSR count). The number of nitrogens with zero attached hydrogens (tertiary/aromatic N) is 5. The summed E-state index contributed by atoms with van der Waals surface area (Å²) in [4.78, 5) is 15.4. The summed E-state index contributed by atoms with van der Waals surface area (Å²) >= 11 is 0. The molecule has 2 saturated heterocycles. The van der Waals surface area contributed by atoms with Gasteiger partial charge in [-0.2, -0.15) is 4.31 Å². The van der Waals surface area contributed by atoms with Crippen molar-refractivity contribution in [2.75, 3.05) is 26.2 Å². The van der Waals surface area contributed by atoms with Gasteiger partial charge in [-0.3, -0.25) is 4.90 Å². The second kappa shape index (κ2) is 8.53. The van der Waals surface area contributed by atoms with Gasteiger partial charge in [-0.25, -0.2) is 23.4 Å². The minimum Gasteiger partial charge on any atom is -0.472 e. The van der Waals surface area contributed by atoms with Crippen LogP contribution >= 0.6 is 0 Å². The minimum atomic E-state index is -3.65. The van der Waals surface area contributed by atoms with Crippen molar-refractivity contribution in [2.24, 2.45) is 0 Å². The lowest BCUT2D eigenvalue weighted by atomic mass is 9.92. The third-order valence-electron chi connectivity index (χ3n) is 5.99. The first kappa shape index (κ1) is 22.8. The summed E-state index contributed by atoms with van der Waals surface area (Å²) in [5.74, 6) is 0.479. The van der Waals surface area contributed by atoms with Crippen LogP contribution in [-0.4, -0.2) is 70.9 Å². The third kappa shape index (κ3) is 4.69. The largest absolute Gasteiger partial charge is 0.472 e. The van der Waals surface area contributed by atoms with Crippen LogP contribution in [0.15, 0.2) is 42.2 Å². The molecule has 2 fully saturated rings. The quantitative estimate of drug-likeness (QED) is 0.682. The summed E-state index contributed by atoms with van der Waals surface area (Å²) in [6.45, 7) is 14.1. The van der Waals surface area contributed by atoms with Gasteiger partial charge in [0.1, 0.15) is 6.10 Å². The fourth-order valence-corrected chi connectivity index (χ4v) is 5.57. The molecular formula is C23H31N5O3S. The Morgan fingerprint density at radius 3 is 2.59 bits per heavy atom. The van der Waals surface area contributed by atoms with Gasteiger partial charge in [0.25, 0.3) is 10.0 Å². The Kier molecular flexibility index (Phi) is 6.08. The molecule has 172 valence electrons. The first-order valence-corrected chi connectivity index (χ1v) is 12.3. The van der Waals surface area contributed by atoms with Gasteiger partial charge in [-0.05, 0) is 24.6 Å². The van der Waals surface area contributed by atoms with Gasteiger partial charge in [0.05, 0.1) is 18.1 Å². The zero-order valence-electron chi connectivity index (χ0n) is 19.2. The lowest BCUT2D eigenvalue weighted by molar-refractivity contribution is 0.151. The van der Waals surface area contributed by atoms with E-state index >= 15 is 0 Å². The van der Waals surface area contributed by atoms with E-state index in [0.717, 1.165) is 29.9 Å². The van der Waals surface area contributed by atoms with Crippen molar-refractivity contribution in [3.63, 3.8) is 0 Å². The number of piperazine rings is 1. The van der Waals surface area contributed by atoms with E-state index in [1.807, 2.05) is 33.8 Å². The molecule has 2 aromatic heterocycles. The van der Waals surface area contributed by atoms with Gasteiger partial charge in [0.2, 0.25) is 5.88 Å². The van der Waals surface area contributed by atoms with Crippen LogP contribution in [-0.2, 0) is 15.4 Å².